The molecule has 2 aliphatic carbocycles. The first kappa shape index (κ1) is 20.3. The second kappa shape index (κ2) is 6.29. The predicted molar refractivity (Wildman–Crippen MR) is 79.4 cm³/mol. The van der Waals surface area contributed by atoms with E-state index >= 15 is 0 Å². The van der Waals surface area contributed by atoms with Gasteiger partial charge in [-0.1, -0.05) is 0 Å². The van der Waals surface area contributed by atoms with Gasteiger partial charge in [0.25, 0.3) is 0 Å². The third-order valence-electron chi connectivity index (χ3n) is 5.60. The lowest BCUT2D eigenvalue weighted by molar-refractivity contribution is -0.182. The smallest absolute Gasteiger partial charge is 0.431 e. The first-order valence-electron chi connectivity index (χ1n) is 8.38. The van der Waals surface area contributed by atoms with Gasteiger partial charge in [-0.25, -0.2) is 0 Å². The van der Waals surface area contributed by atoms with E-state index in [4.69, 9.17) is 14.0 Å². The second-order valence-corrected chi connectivity index (χ2v) is 9.03. The molecular weight excluding hydrogens is 400 g/mol. The Morgan fingerprint density at radius 1 is 1.22 bits per heavy atom. The Morgan fingerprint density at radius 3 is 2.52 bits per heavy atom. The quantitative estimate of drug-likeness (QED) is 0.400. The monoisotopic (exact) mass is 418 g/mol. The molecule has 0 radical (unpaired) electrons. The van der Waals surface area contributed by atoms with Gasteiger partial charge in [0.2, 0.25) is 0 Å². The van der Waals surface area contributed by atoms with Crippen LogP contribution in [0.2, 0.25) is 0 Å². The zero-order chi connectivity index (χ0) is 20.3. The topological polar surface area (TPSA) is 107 Å². The van der Waals surface area contributed by atoms with Crippen LogP contribution >= 0.6 is 0 Å². The molecule has 4 atom stereocenters. The summed E-state index contributed by atoms with van der Waals surface area (Å²) in [4.78, 5) is 24.4. The van der Waals surface area contributed by atoms with E-state index in [-0.39, 0.29) is 18.8 Å². The SMILES string of the molecule is O=C1OC2CC3CC1CC(C(=O)OCCC(F)(F)C(F)(F)S(=O)(=O)O)(C3)C2. The maximum Gasteiger partial charge on any atom is 0.431 e. The molecule has 2 saturated heterocycles. The average Bonchev–Trinajstić information content (AvgIpc) is 2.68. The molecule has 27 heavy (non-hydrogen) atoms. The minimum atomic E-state index is -6.34. The molecule has 4 bridgehead atoms. The standard InChI is InChI=1S/C15H18F4O7S/c16-14(17,15(18,19)27(22,23)24)1-2-25-12(21)13-5-8-3-9(6-13)11(20)26-10(4-8)7-13/h8-10H,1-7H2,(H,22,23,24). The van der Waals surface area contributed by atoms with E-state index in [1.807, 2.05) is 0 Å². The molecule has 154 valence electrons. The number of esters is 2. The van der Waals surface area contributed by atoms with Crippen LogP contribution in [0.3, 0.4) is 0 Å². The first-order valence-corrected chi connectivity index (χ1v) is 9.82. The summed E-state index contributed by atoms with van der Waals surface area (Å²) >= 11 is 0. The molecule has 0 amide bonds. The number of hydrogen-bond donors (Lipinski definition) is 1. The number of carbonyl (C=O) groups is 2. The highest BCUT2D eigenvalue weighted by molar-refractivity contribution is 7.87. The van der Waals surface area contributed by atoms with Gasteiger partial charge in [0, 0.05) is 6.42 Å². The van der Waals surface area contributed by atoms with Gasteiger partial charge in [-0.15, -0.1) is 0 Å². The number of carbonyl (C=O) groups excluding carboxylic acids is 2. The number of hydrogen-bond acceptors (Lipinski definition) is 6. The van der Waals surface area contributed by atoms with Crippen molar-refractivity contribution in [2.75, 3.05) is 6.61 Å². The normalized spacial score (nSPS) is 33.5. The van der Waals surface area contributed by atoms with Gasteiger partial charge in [0.05, 0.1) is 24.4 Å². The molecule has 1 N–H and O–H groups in total. The van der Waals surface area contributed by atoms with Crippen molar-refractivity contribution in [3.8, 4) is 0 Å². The van der Waals surface area contributed by atoms with Crippen molar-refractivity contribution < 1.29 is 49.6 Å². The largest absolute Gasteiger partial charge is 0.465 e. The highest BCUT2D eigenvalue weighted by atomic mass is 32.2. The summed E-state index contributed by atoms with van der Waals surface area (Å²) in [7, 11) is -6.34. The van der Waals surface area contributed by atoms with Gasteiger partial charge < -0.3 is 9.47 Å². The van der Waals surface area contributed by atoms with Crippen LogP contribution < -0.4 is 0 Å². The summed E-state index contributed by atoms with van der Waals surface area (Å²) in [5.41, 5.74) is -1.09. The Morgan fingerprint density at radius 2 is 1.89 bits per heavy atom. The summed E-state index contributed by atoms with van der Waals surface area (Å²) in [6.07, 6.45) is -0.349. The van der Waals surface area contributed by atoms with Gasteiger partial charge in [0.15, 0.2) is 0 Å². The van der Waals surface area contributed by atoms with Crippen LogP contribution in [-0.2, 0) is 29.2 Å². The Bertz CT molecular complexity index is 753. The van der Waals surface area contributed by atoms with Crippen LogP contribution in [0.15, 0.2) is 0 Å². The van der Waals surface area contributed by atoms with E-state index in [1.54, 1.807) is 0 Å². The summed E-state index contributed by atoms with van der Waals surface area (Å²) in [5.74, 6) is -6.86. The maximum absolute atomic E-state index is 13.5. The van der Waals surface area contributed by atoms with Crippen LogP contribution in [0.4, 0.5) is 17.6 Å². The van der Waals surface area contributed by atoms with Gasteiger partial charge in [-0.3, -0.25) is 14.1 Å². The fraction of sp³-hybridized carbons (Fsp3) is 0.867. The van der Waals surface area contributed by atoms with E-state index in [2.05, 4.69) is 0 Å². The fourth-order valence-corrected chi connectivity index (χ4v) is 4.93. The number of fused-ring (bicyclic) bond motifs is 1. The van der Waals surface area contributed by atoms with Crippen LogP contribution in [-0.4, -0.2) is 48.8 Å². The third kappa shape index (κ3) is 3.41. The molecular formula is C15H18F4O7S. The zero-order valence-electron chi connectivity index (χ0n) is 14.0. The van der Waals surface area contributed by atoms with E-state index < -0.39 is 63.7 Å². The van der Waals surface area contributed by atoms with Crippen molar-refractivity contribution in [2.24, 2.45) is 17.3 Å². The molecule has 7 nitrogen and oxygen atoms in total. The lowest BCUT2D eigenvalue weighted by atomic mass is 9.59. The van der Waals surface area contributed by atoms with Crippen LogP contribution in [0.5, 0.6) is 0 Å². The van der Waals surface area contributed by atoms with Crippen LogP contribution in [0.25, 0.3) is 0 Å². The molecule has 0 aromatic heterocycles. The van der Waals surface area contributed by atoms with Crippen molar-refractivity contribution in [1.29, 1.82) is 0 Å². The molecule has 12 heteroatoms. The van der Waals surface area contributed by atoms with Crippen LogP contribution in [0.1, 0.15) is 38.5 Å². The molecule has 4 fully saturated rings. The molecule has 4 unspecified atom stereocenters. The molecule has 2 heterocycles. The van der Waals surface area contributed by atoms with Gasteiger partial charge in [0.1, 0.15) is 6.10 Å². The number of rotatable bonds is 6. The molecule has 0 aromatic carbocycles. The number of alkyl halides is 4. The van der Waals surface area contributed by atoms with Crippen molar-refractivity contribution >= 4 is 22.1 Å². The Hall–Kier alpha value is -1.43. The second-order valence-electron chi connectivity index (χ2n) is 7.57. The summed E-state index contributed by atoms with van der Waals surface area (Å²) < 4.78 is 92.6. The van der Waals surface area contributed by atoms with Gasteiger partial charge in [-0.05, 0) is 31.6 Å². The molecule has 4 aliphatic rings. The van der Waals surface area contributed by atoms with Crippen molar-refractivity contribution in [3.63, 3.8) is 0 Å². The molecule has 2 aliphatic heterocycles. The average molecular weight is 418 g/mol. The Labute approximate surface area is 152 Å². The fourth-order valence-electron chi connectivity index (χ4n) is 4.45. The van der Waals surface area contributed by atoms with Crippen molar-refractivity contribution in [3.05, 3.63) is 0 Å². The molecule has 0 aromatic rings. The molecule has 4 rings (SSSR count). The number of halogens is 4. The minimum Gasteiger partial charge on any atom is -0.465 e. The molecule has 0 spiro atoms. The predicted octanol–water partition coefficient (Wildman–Crippen LogP) is 2.16. The van der Waals surface area contributed by atoms with Crippen molar-refractivity contribution in [2.45, 2.75) is 55.8 Å². The lowest BCUT2D eigenvalue weighted by Gasteiger charge is -2.44. The maximum atomic E-state index is 13.5. The van der Waals surface area contributed by atoms with Crippen molar-refractivity contribution in [1.82, 2.24) is 0 Å². The zero-order valence-corrected chi connectivity index (χ0v) is 14.8. The van der Waals surface area contributed by atoms with Crippen LogP contribution in [0, 0.1) is 17.3 Å². The third-order valence-corrected chi connectivity index (χ3v) is 6.54. The Balaban J connectivity index is 1.66. The Kier molecular flexibility index (Phi) is 4.73. The summed E-state index contributed by atoms with van der Waals surface area (Å²) in [5, 5.41) is -5.70. The van der Waals surface area contributed by atoms with E-state index in [0.717, 1.165) is 0 Å². The lowest BCUT2D eigenvalue weighted by Crippen LogP contribution is -2.48. The number of ether oxygens (including phenoxy) is 2. The van der Waals surface area contributed by atoms with Gasteiger partial charge in [-0.2, -0.15) is 26.0 Å². The highest BCUT2D eigenvalue weighted by Crippen LogP contribution is 2.55. The van der Waals surface area contributed by atoms with E-state index in [1.165, 1.54) is 0 Å². The summed E-state index contributed by atoms with van der Waals surface area (Å²) in [6, 6.07) is 0. The van der Waals surface area contributed by atoms with E-state index in [0.29, 0.717) is 19.3 Å². The van der Waals surface area contributed by atoms with Gasteiger partial charge >= 0.3 is 33.2 Å². The first-order chi connectivity index (χ1) is 12.3. The highest BCUT2D eigenvalue weighted by Gasteiger charge is 2.65. The van der Waals surface area contributed by atoms with E-state index in [9.17, 15) is 35.6 Å². The summed E-state index contributed by atoms with van der Waals surface area (Å²) in [6.45, 7) is -1.16. The minimum absolute atomic E-state index is 0.0480. The molecule has 2 saturated carbocycles.